The number of nitrogens with zero attached hydrogens (tertiary/aromatic N) is 3. The molecule has 36 heavy (non-hydrogen) atoms. The van der Waals surface area contributed by atoms with Gasteiger partial charge in [0.05, 0.1) is 28.9 Å². The minimum absolute atomic E-state index is 0.0535. The SMILES string of the molecule is COCc1cc(Cn2nc(-c3cccs3)c3c(C)nc(C)cc32)ccc1-c1cc(C)sc1S(=O)(=O)O. The molecule has 5 aromatic rings. The van der Waals surface area contributed by atoms with Crippen LogP contribution in [0.5, 0.6) is 0 Å². The number of rotatable bonds is 7. The average Bonchev–Trinajstić information content (AvgIpc) is 3.53. The molecule has 0 fully saturated rings. The second-order valence-electron chi connectivity index (χ2n) is 8.68. The summed E-state index contributed by atoms with van der Waals surface area (Å²) in [6, 6.07) is 13.8. The molecule has 0 saturated carbocycles. The van der Waals surface area contributed by atoms with Crippen LogP contribution < -0.4 is 0 Å². The fourth-order valence-corrected chi connectivity index (χ4v) is 7.29. The van der Waals surface area contributed by atoms with Gasteiger partial charge in [-0.15, -0.1) is 22.7 Å². The number of aryl methyl sites for hydroxylation is 3. The van der Waals surface area contributed by atoms with Crippen LogP contribution in [0.1, 0.15) is 27.4 Å². The van der Waals surface area contributed by atoms with Crippen LogP contribution in [0, 0.1) is 20.8 Å². The van der Waals surface area contributed by atoms with E-state index < -0.39 is 10.1 Å². The van der Waals surface area contributed by atoms with Crippen LogP contribution >= 0.6 is 22.7 Å². The summed E-state index contributed by atoms with van der Waals surface area (Å²) in [4.78, 5) is 6.56. The Morgan fingerprint density at radius 3 is 2.58 bits per heavy atom. The number of ether oxygens (including phenoxy) is 1. The summed E-state index contributed by atoms with van der Waals surface area (Å²) in [5.74, 6) is 0. The molecule has 0 aliphatic carbocycles. The Bertz CT molecular complexity index is 1680. The fraction of sp³-hybridized carbons (Fsp3) is 0.231. The van der Waals surface area contributed by atoms with Crippen LogP contribution in [0.15, 0.2) is 52.1 Å². The van der Waals surface area contributed by atoms with E-state index in [4.69, 9.17) is 9.84 Å². The van der Waals surface area contributed by atoms with E-state index in [2.05, 4.69) is 17.1 Å². The summed E-state index contributed by atoms with van der Waals surface area (Å²) in [6.45, 7) is 6.64. The van der Waals surface area contributed by atoms with E-state index in [-0.39, 0.29) is 4.21 Å². The van der Waals surface area contributed by atoms with Crippen LogP contribution in [-0.4, -0.2) is 34.8 Å². The molecular formula is C26H25N3O4S3. The molecule has 0 aliphatic rings. The highest BCUT2D eigenvalue weighted by Gasteiger charge is 2.23. The molecule has 5 rings (SSSR count). The van der Waals surface area contributed by atoms with Gasteiger partial charge in [0.15, 0.2) is 4.21 Å². The highest BCUT2D eigenvalue weighted by molar-refractivity contribution is 7.88. The molecule has 0 atom stereocenters. The zero-order valence-corrected chi connectivity index (χ0v) is 22.7. The molecular weight excluding hydrogens is 515 g/mol. The molecule has 7 nitrogen and oxygen atoms in total. The van der Waals surface area contributed by atoms with Gasteiger partial charge in [0.2, 0.25) is 0 Å². The van der Waals surface area contributed by atoms with Crippen molar-refractivity contribution in [1.29, 1.82) is 0 Å². The van der Waals surface area contributed by atoms with Gasteiger partial charge in [-0.05, 0) is 61.0 Å². The molecule has 10 heteroatoms. The smallest absolute Gasteiger partial charge is 0.304 e. The molecule has 0 radical (unpaired) electrons. The lowest BCUT2D eigenvalue weighted by Gasteiger charge is -2.12. The van der Waals surface area contributed by atoms with Gasteiger partial charge in [0, 0.05) is 28.9 Å². The van der Waals surface area contributed by atoms with Gasteiger partial charge in [-0.1, -0.05) is 24.3 Å². The Morgan fingerprint density at radius 2 is 1.89 bits per heavy atom. The number of fused-ring (bicyclic) bond motifs is 1. The first-order chi connectivity index (χ1) is 17.2. The van der Waals surface area contributed by atoms with Crippen LogP contribution in [0.3, 0.4) is 0 Å². The van der Waals surface area contributed by atoms with Gasteiger partial charge < -0.3 is 4.74 Å². The molecule has 0 bridgehead atoms. The van der Waals surface area contributed by atoms with Gasteiger partial charge in [-0.2, -0.15) is 13.5 Å². The number of benzene rings is 1. The van der Waals surface area contributed by atoms with Gasteiger partial charge in [-0.3, -0.25) is 14.2 Å². The second-order valence-corrected chi connectivity index (χ2v) is 12.5. The standard InChI is InChI=1S/C26H25N3O4S3/c1-15-10-22-24(17(3)27-15)25(23-6-5-9-34-23)28-29(22)13-18-7-8-20(19(12-18)14-33-4)21-11-16(2)35-26(21)36(30,31)32/h5-12H,13-14H2,1-4H3,(H,30,31,32). The minimum Gasteiger partial charge on any atom is -0.380 e. The third kappa shape index (κ3) is 4.62. The molecule has 4 aromatic heterocycles. The molecule has 0 aliphatic heterocycles. The van der Waals surface area contributed by atoms with E-state index in [0.717, 1.165) is 65.8 Å². The predicted molar refractivity (Wildman–Crippen MR) is 144 cm³/mol. The van der Waals surface area contributed by atoms with Crippen molar-refractivity contribution in [3.05, 3.63) is 75.2 Å². The van der Waals surface area contributed by atoms with Gasteiger partial charge >= 0.3 is 10.1 Å². The Balaban J connectivity index is 1.62. The second kappa shape index (κ2) is 9.53. The van der Waals surface area contributed by atoms with E-state index in [0.29, 0.717) is 18.7 Å². The van der Waals surface area contributed by atoms with E-state index in [1.807, 2.05) is 55.1 Å². The zero-order valence-electron chi connectivity index (χ0n) is 20.3. The molecule has 0 amide bonds. The maximum atomic E-state index is 12.0. The lowest BCUT2D eigenvalue weighted by molar-refractivity contribution is 0.185. The van der Waals surface area contributed by atoms with Crippen molar-refractivity contribution in [2.24, 2.45) is 0 Å². The summed E-state index contributed by atoms with van der Waals surface area (Å²) >= 11 is 2.71. The van der Waals surface area contributed by atoms with E-state index in [1.165, 1.54) is 0 Å². The Hall–Kier alpha value is -2.89. The number of thiophene rings is 2. The zero-order chi connectivity index (χ0) is 25.6. The molecule has 0 unspecified atom stereocenters. The van der Waals surface area contributed by atoms with Crippen molar-refractivity contribution in [1.82, 2.24) is 14.8 Å². The van der Waals surface area contributed by atoms with Crippen molar-refractivity contribution < 1.29 is 17.7 Å². The number of pyridine rings is 1. The van der Waals surface area contributed by atoms with Gasteiger partial charge in [-0.25, -0.2) is 0 Å². The Morgan fingerprint density at radius 1 is 1.08 bits per heavy atom. The monoisotopic (exact) mass is 539 g/mol. The molecule has 1 aromatic carbocycles. The van der Waals surface area contributed by atoms with Crippen molar-refractivity contribution in [3.8, 4) is 21.7 Å². The first kappa shape index (κ1) is 24.8. The van der Waals surface area contributed by atoms with Crippen molar-refractivity contribution >= 4 is 43.7 Å². The van der Waals surface area contributed by atoms with Crippen LogP contribution in [0.4, 0.5) is 0 Å². The van der Waals surface area contributed by atoms with Crippen LogP contribution in [0.2, 0.25) is 0 Å². The first-order valence-corrected chi connectivity index (χ1v) is 14.4. The molecule has 0 spiro atoms. The lowest BCUT2D eigenvalue weighted by Crippen LogP contribution is -2.04. The molecule has 0 saturated heterocycles. The van der Waals surface area contributed by atoms with Crippen molar-refractivity contribution in [2.75, 3.05) is 7.11 Å². The fourth-order valence-electron chi connectivity index (χ4n) is 4.56. The summed E-state index contributed by atoms with van der Waals surface area (Å²) in [5.41, 5.74) is 6.86. The highest BCUT2D eigenvalue weighted by atomic mass is 32.3. The topological polar surface area (TPSA) is 94.3 Å². The van der Waals surface area contributed by atoms with Gasteiger partial charge in [0.1, 0.15) is 5.69 Å². The first-order valence-electron chi connectivity index (χ1n) is 11.2. The third-order valence-corrected chi connectivity index (χ3v) is 9.24. The average molecular weight is 540 g/mol. The highest BCUT2D eigenvalue weighted by Crippen LogP contribution is 2.38. The minimum atomic E-state index is -4.34. The number of aromatic nitrogens is 3. The lowest BCUT2D eigenvalue weighted by atomic mass is 9.99. The summed E-state index contributed by atoms with van der Waals surface area (Å²) < 4.78 is 41.2. The van der Waals surface area contributed by atoms with E-state index >= 15 is 0 Å². The predicted octanol–water partition coefficient (Wildman–Crippen LogP) is 6.25. The summed E-state index contributed by atoms with van der Waals surface area (Å²) in [5, 5.41) is 8.07. The summed E-state index contributed by atoms with van der Waals surface area (Å²) in [6.07, 6.45) is 0. The van der Waals surface area contributed by atoms with E-state index in [1.54, 1.807) is 24.5 Å². The summed E-state index contributed by atoms with van der Waals surface area (Å²) in [7, 11) is -2.74. The largest absolute Gasteiger partial charge is 0.380 e. The Labute approximate surface area is 217 Å². The van der Waals surface area contributed by atoms with Crippen LogP contribution in [-0.2, 0) is 28.0 Å². The molecule has 1 N–H and O–H groups in total. The molecule has 4 heterocycles. The van der Waals surface area contributed by atoms with E-state index in [9.17, 15) is 13.0 Å². The maximum Gasteiger partial charge on any atom is 0.304 e. The quantitative estimate of drug-likeness (QED) is 0.246. The normalized spacial score (nSPS) is 12.0. The number of hydrogen-bond donors (Lipinski definition) is 1. The Kier molecular flexibility index (Phi) is 6.56. The van der Waals surface area contributed by atoms with Crippen molar-refractivity contribution in [3.63, 3.8) is 0 Å². The third-order valence-electron chi connectivity index (χ3n) is 5.95. The molecule has 186 valence electrons. The van der Waals surface area contributed by atoms with Crippen molar-refractivity contribution in [2.45, 2.75) is 38.1 Å². The van der Waals surface area contributed by atoms with Crippen LogP contribution in [0.25, 0.3) is 32.6 Å². The van der Waals surface area contributed by atoms with Gasteiger partial charge in [0.25, 0.3) is 0 Å². The number of hydrogen-bond acceptors (Lipinski definition) is 7. The maximum absolute atomic E-state index is 12.0. The number of methoxy groups -OCH3 is 1.